The summed E-state index contributed by atoms with van der Waals surface area (Å²) < 4.78 is 11.3. The molecule has 1 unspecified atom stereocenters. The molecule has 7 heteroatoms. The number of rotatable bonds is 5. The summed E-state index contributed by atoms with van der Waals surface area (Å²) in [6, 6.07) is 8.25. The number of nitrogens with zero attached hydrogens (tertiary/aromatic N) is 3. The maximum absolute atomic E-state index is 13.1. The van der Waals surface area contributed by atoms with E-state index in [9.17, 15) is 4.79 Å². The van der Waals surface area contributed by atoms with Crippen LogP contribution in [-0.2, 0) is 9.53 Å². The van der Waals surface area contributed by atoms with E-state index in [0.717, 1.165) is 66.6 Å². The Morgan fingerprint density at radius 1 is 1.06 bits per heavy atom. The number of nitrogens with one attached hydrogen (secondary N) is 1. The van der Waals surface area contributed by atoms with Crippen LogP contribution in [0.4, 0.5) is 0 Å². The number of carbonyl (C=O) groups is 1. The average Bonchev–Trinajstić information content (AvgIpc) is 3.29. The third kappa shape index (κ3) is 4.54. The summed E-state index contributed by atoms with van der Waals surface area (Å²) in [4.78, 5) is 24.3. The van der Waals surface area contributed by atoms with E-state index in [0.29, 0.717) is 19.1 Å². The Labute approximate surface area is 188 Å². The van der Waals surface area contributed by atoms with Crippen molar-refractivity contribution >= 4 is 16.7 Å². The molecule has 168 valence electrons. The number of amides is 1. The maximum atomic E-state index is 13.1. The molecule has 32 heavy (non-hydrogen) atoms. The van der Waals surface area contributed by atoms with E-state index < -0.39 is 0 Å². The Morgan fingerprint density at radius 3 is 2.62 bits per heavy atom. The lowest BCUT2D eigenvalue weighted by atomic mass is 9.88. The molecule has 3 aromatic rings. The molecule has 2 aliphatic rings. The van der Waals surface area contributed by atoms with Crippen LogP contribution in [0.3, 0.4) is 0 Å². The number of carbonyl (C=O) groups excluding carboxylic acids is 1. The Balaban J connectivity index is 1.46. The second kappa shape index (κ2) is 9.38. The second-order valence-electron chi connectivity index (χ2n) is 8.81. The summed E-state index contributed by atoms with van der Waals surface area (Å²) >= 11 is 0. The predicted molar refractivity (Wildman–Crippen MR) is 122 cm³/mol. The predicted octanol–water partition coefficient (Wildman–Crippen LogP) is 4.23. The van der Waals surface area contributed by atoms with E-state index in [4.69, 9.17) is 14.1 Å². The van der Waals surface area contributed by atoms with Crippen LogP contribution in [0, 0.1) is 12.8 Å². The van der Waals surface area contributed by atoms with Crippen molar-refractivity contribution < 1.29 is 13.9 Å². The summed E-state index contributed by atoms with van der Waals surface area (Å²) in [5.41, 5.74) is 1.83. The van der Waals surface area contributed by atoms with Gasteiger partial charge in [0.1, 0.15) is 6.17 Å². The van der Waals surface area contributed by atoms with Crippen LogP contribution < -0.4 is 5.32 Å². The molecule has 2 fully saturated rings. The number of hydrogen-bond acceptors (Lipinski definition) is 6. The first-order chi connectivity index (χ1) is 15.7. The minimum atomic E-state index is -0.256. The number of ether oxygens (including phenoxy) is 1. The molecule has 0 bridgehead atoms. The molecule has 1 saturated heterocycles. The molecule has 1 saturated carbocycles. The van der Waals surface area contributed by atoms with Gasteiger partial charge in [-0.15, -0.1) is 0 Å². The molecule has 1 aliphatic carbocycles. The lowest BCUT2D eigenvalue weighted by molar-refractivity contribution is -0.129. The number of pyridine rings is 1. The third-order valence-corrected chi connectivity index (χ3v) is 6.59. The Hall–Kier alpha value is -2.77. The average molecular weight is 435 g/mol. The van der Waals surface area contributed by atoms with Gasteiger partial charge in [-0.25, -0.2) is 4.98 Å². The van der Waals surface area contributed by atoms with Gasteiger partial charge in [0.15, 0.2) is 11.7 Å². The van der Waals surface area contributed by atoms with Gasteiger partial charge in [-0.1, -0.05) is 31.4 Å². The zero-order valence-corrected chi connectivity index (χ0v) is 18.5. The van der Waals surface area contributed by atoms with Crippen molar-refractivity contribution in [2.24, 2.45) is 5.92 Å². The van der Waals surface area contributed by atoms with Gasteiger partial charge >= 0.3 is 0 Å². The largest absolute Gasteiger partial charge is 0.441 e. The number of oxazole rings is 1. The number of aryl methyl sites for hydroxylation is 1. The lowest BCUT2D eigenvalue weighted by Crippen LogP contribution is -2.48. The fraction of sp³-hybridized carbons (Fsp3) is 0.480. The van der Waals surface area contributed by atoms with E-state index in [1.54, 1.807) is 6.20 Å². The van der Waals surface area contributed by atoms with Crippen molar-refractivity contribution in [3.05, 3.63) is 48.2 Å². The van der Waals surface area contributed by atoms with Crippen molar-refractivity contribution in [3.63, 3.8) is 0 Å². The Bertz CT molecular complexity index is 1080. The molecule has 1 amide bonds. The molecular weight excluding hydrogens is 404 g/mol. The zero-order valence-electron chi connectivity index (χ0n) is 18.5. The molecule has 1 N–H and O–H groups in total. The number of hydrogen-bond donors (Lipinski definition) is 1. The first kappa shape index (κ1) is 21.1. The summed E-state index contributed by atoms with van der Waals surface area (Å²) in [7, 11) is 0. The molecule has 0 spiro atoms. The fourth-order valence-corrected chi connectivity index (χ4v) is 4.76. The van der Waals surface area contributed by atoms with Gasteiger partial charge in [0.25, 0.3) is 0 Å². The SMILES string of the molecule is Cc1ncc(-c2ccc3cnc(C(NC(=O)C4CCCCC4)N4CCOCC4)cc3c2)o1. The highest BCUT2D eigenvalue weighted by atomic mass is 16.5. The zero-order chi connectivity index (χ0) is 21.9. The van der Waals surface area contributed by atoms with Gasteiger partial charge in [0.05, 0.1) is 25.1 Å². The summed E-state index contributed by atoms with van der Waals surface area (Å²) in [6.45, 7) is 4.71. The number of fused-ring (bicyclic) bond motifs is 1. The van der Waals surface area contributed by atoms with Crippen molar-refractivity contribution in [2.45, 2.75) is 45.2 Å². The normalized spacial score (nSPS) is 19.2. The smallest absolute Gasteiger partial charge is 0.224 e. The summed E-state index contributed by atoms with van der Waals surface area (Å²) in [5.74, 6) is 1.65. The van der Waals surface area contributed by atoms with E-state index in [2.05, 4.69) is 27.3 Å². The molecule has 2 aromatic heterocycles. The molecule has 5 rings (SSSR count). The first-order valence-electron chi connectivity index (χ1n) is 11.6. The highest BCUT2D eigenvalue weighted by Gasteiger charge is 2.29. The molecule has 1 aliphatic heterocycles. The third-order valence-electron chi connectivity index (χ3n) is 6.59. The Morgan fingerprint density at radius 2 is 1.88 bits per heavy atom. The second-order valence-corrected chi connectivity index (χ2v) is 8.81. The van der Waals surface area contributed by atoms with Crippen LogP contribution in [0.5, 0.6) is 0 Å². The van der Waals surface area contributed by atoms with E-state index in [1.165, 1.54) is 6.42 Å². The minimum Gasteiger partial charge on any atom is -0.441 e. The van der Waals surface area contributed by atoms with E-state index in [-0.39, 0.29) is 18.0 Å². The van der Waals surface area contributed by atoms with E-state index >= 15 is 0 Å². The molecule has 3 heterocycles. The lowest BCUT2D eigenvalue weighted by Gasteiger charge is -2.35. The molecule has 1 atom stereocenters. The Kier molecular flexibility index (Phi) is 6.19. The molecule has 1 aromatic carbocycles. The van der Waals surface area contributed by atoms with Crippen LogP contribution in [0.15, 0.2) is 41.1 Å². The van der Waals surface area contributed by atoms with Gasteiger partial charge in [0, 0.05) is 43.1 Å². The number of aromatic nitrogens is 2. The van der Waals surface area contributed by atoms with Crippen LogP contribution in [-0.4, -0.2) is 47.1 Å². The maximum Gasteiger partial charge on any atom is 0.224 e. The molecule has 7 nitrogen and oxygen atoms in total. The van der Waals surface area contributed by atoms with Gasteiger partial charge in [0.2, 0.25) is 5.91 Å². The van der Waals surface area contributed by atoms with Gasteiger partial charge in [-0.05, 0) is 30.4 Å². The van der Waals surface area contributed by atoms with Gasteiger partial charge in [-0.2, -0.15) is 0 Å². The summed E-state index contributed by atoms with van der Waals surface area (Å²) in [6.07, 6.45) is 8.85. The van der Waals surface area contributed by atoms with Crippen LogP contribution in [0.2, 0.25) is 0 Å². The van der Waals surface area contributed by atoms with Gasteiger partial charge in [-0.3, -0.25) is 14.7 Å². The fourth-order valence-electron chi connectivity index (χ4n) is 4.76. The standard InChI is InChI=1S/C25H30N4O3/c1-17-26-16-23(32-17)19-7-8-20-15-27-22(14-21(20)13-19)24(29-9-11-31-12-10-29)28-25(30)18-5-3-2-4-6-18/h7-8,13-16,18,24H,2-6,9-12H2,1H3,(H,28,30). The molecule has 0 radical (unpaired) electrons. The monoisotopic (exact) mass is 434 g/mol. The highest BCUT2D eigenvalue weighted by molar-refractivity contribution is 5.86. The van der Waals surface area contributed by atoms with E-state index in [1.807, 2.05) is 25.3 Å². The van der Waals surface area contributed by atoms with Crippen molar-refractivity contribution in [3.8, 4) is 11.3 Å². The van der Waals surface area contributed by atoms with Crippen molar-refractivity contribution in [1.82, 2.24) is 20.2 Å². The van der Waals surface area contributed by atoms with Crippen LogP contribution >= 0.6 is 0 Å². The molecular formula is C25H30N4O3. The van der Waals surface area contributed by atoms with Crippen molar-refractivity contribution in [2.75, 3.05) is 26.3 Å². The quantitative estimate of drug-likeness (QED) is 0.647. The summed E-state index contributed by atoms with van der Waals surface area (Å²) in [5, 5.41) is 5.44. The van der Waals surface area contributed by atoms with Crippen LogP contribution in [0.25, 0.3) is 22.1 Å². The van der Waals surface area contributed by atoms with Crippen molar-refractivity contribution in [1.29, 1.82) is 0 Å². The minimum absolute atomic E-state index is 0.106. The first-order valence-corrected chi connectivity index (χ1v) is 11.6. The topological polar surface area (TPSA) is 80.5 Å². The van der Waals surface area contributed by atoms with Gasteiger partial charge < -0.3 is 14.5 Å². The number of morpholine rings is 1. The highest BCUT2D eigenvalue weighted by Crippen LogP contribution is 2.29. The number of benzene rings is 1. The van der Waals surface area contributed by atoms with Crippen LogP contribution in [0.1, 0.15) is 49.9 Å².